The van der Waals surface area contributed by atoms with Crippen molar-refractivity contribution in [3.05, 3.63) is 71.6 Å². The number of hydrogen-bond acceptors (Lipinski definition) is 4. The fourth-order valence-electron chi connectivity index (χ4n) is 1.79. The Morgan fingerprint density at radius 2 is 1.75 bits per heavy atom. The molecule has 2 rings (SSSR count). The Hall–Kier alpha value is -3.27. The number of esters is 1. The fourth-order valence-corrected chi connectivity index (χ4v) is 1.79. The van der Waals surface area contributed by atoms with Crippen LogP contribution in [0.5, 0.6) is 11.5 Å². The molecule has 0 atom stereocenters. The predicted octanol–water partition coefficient (Wildman–Crippen LogP) is 3.76. The van der Waals surface area contributed by atoms with Crippen molar-refractivity contribution in [2.24, 2.45) is 0 Å². The second-order valence-corrected chi connectivity index (χ2v) is 4.50. The Labute approximate surface area is 135 Å². The molecular weight excluding hydrogens is 323 g/mol. The Morgan fingerprint density at radius 1 is 1.12 bits per heavy atom. The lowest BCUT2D eigenvalue weighted by molar-refractivity contribution is 0.0724. The zero-order valence-electron chi connectivity index (χ0n) is 12.2. The van der Waals surface area contributed by atoms with Gasteiger partial charge in [0.1, 0.15) is 47.2 Å². The molecule has 24 heavy (non-hydrogen) atoms. The van der Waals surface area contributed by atoms with Crippen LogP contribution in [0.2, 0.25) is 0 Å². The van der Waals surface area contributed by atoms with Crippen LogP contribution in [0.3, 0.4) is 0 Å². The molecule has 0 amide bonds. The average Bonchev–Trinajstić information content (AvgIpc) is 2.52. The molecule has 0 spiro atoms. The van der Waals surface area contributed by atoms with Crippen molar-refractivity contribution in [2.45, 2.75) is 0 Å². The molecule has 0 fully saturated rings. The van der Waals surface area contributed by atoms with Crippen molar-refractivity contribution in [2.75, 3.05) is 6.61 Å². The fraction of sp³-hybridized carbons (Fsp3) is 0.0588. The van der Waals surface area contributed by atoms with Gasteiger partial charge >= 0.3 is 5.97 Å². The number of ether oxygens (including phenoxy) is 2. The van der Waals surface area contributed by atoms with Gasteiger partial charge in [-0.1, -0.05) is 12.7 Å². The number of halogens is 3. The summed E-state index contributed by atoms with van der Waals surface area (Å²) in [5.41, 5.74) is -1.19. The molecule has 2 aromatic carbocycles. The van der Waals surface area contributed by atoms with Gasteiger partial charge in [-0.2, -0.15) is 5.26 Å². The van der Waals surface area contributed by atoms with Gasteiger partial charge in [0.15, 0.2) is 0 Å². The van der Waals surface area contributed by atoms with Gasteiger partial charge in [0.2, 0.25) is 0 Å². The van der Waals surface area contributed by atoms with Gasteiger partial charge in [0.25, 0.3) is 0 Å². The number of benzene rings is 2. The van der Waals surface area contributed by atoms with E-state index in [9.17, 15) is 18.0 Å². The molecule has 0 saturated heterocycles. The van der Waals surface area contributed by atoms with E-state index < -0.39 is 29.0 Å². The number of carbonyl (C=O) groups excluding carboxylic acids is 1. The summed E-state index contributed by atoms with van der Waals surface area (Å²) in [4.78, 5) is 11.9. The van der Waals surface area contributed by atoms with E-state index in [-0.39, 0.29) is 23.7 Å². The third kappa shape index (κ3) is 3.73. The quantitative estimate of drug-likeness (QED) is 0.475. The Balaban J connectivity index is 2.25. The molecule has 4 nitrogen and oxygen atoms in total. The summed E-state index contributed by atoms with van der Waals surface area (Å²) in [6.45, 7) is 3.43. The van der Waals surface area contributed by atoms with E-state index in [4.69, 9.17) is 14.7 Å². The van der Waals surface area contributed by atoms with Crippen LogP contribution in [-0.4, -0.2) is 12.6 Å². The molecule has 0 radical (unpaired) electrons. The molecular formula is C17H10F3NO3. The summed E-state index contributed by atoms with van der Waals surface area (Å²) in [7, 11) is 0. The molecule has 0 aromatic heterocycles. The lowest BCUT2D eigenvalue weighted by atomic mass is 10.2. The first kappa shape index (κ1) is 17.1. The van der Waals surface area contributed by atoms with Gasteiger partial charge in [-0.25, -0.2) is 18.0 Å². The molecule has 7 heteroatoms. The van der Waals surface area contributed by atoms with E-state index in [0.29, 0.717) is 0 Å². The first-order chi connectivity index (χ1) is 11.5. The minimum absolute atomic E-state index is 0.0349. The maximum Gasteiger partial charge on any atom is 0.349 e. The minimum atomic E-state index is -1.34. The summed E-state index contributed by atoms with van der Waals surface area (Å²) < 4.78 is 51.0. The summed E-state index contributed by atoms with van der Waals surface area (Å²) in [6.07, 6.45) is 1.39. The molecule has 0 aliphatic carbocycles. The third-order valence-corrected chi connectivity index (χ3v) is 2.86. The second kappa shape index (κ2) is 7.33. The maximum atomic E-state index is 13.9. The van der Waals surface area contributed by atoms with Crippen LogP contribution < -0.4 is 9.47 Å². The van der Waals surface area contributed by atoms with E-state index >= 15 is 0 Å². The summed E-state index contributed by atoms with van der Waals surface area (Å²) in [5, 5.41) is 8.61. The van der Waals surface area contributed by atoms with Crippen LogP contribution in [0, 0.1) is 28.8 Å². The highest BCUT2D eigenvalue weighted by molar-refractivity contribution is 5.91. The van der Waals surface area contributed by atoms with Crippen LogP contribution in [-0.2, 0) is 0 Å². The predicted molar refractivity (Wildman–Crippen MR) is 78.1 cm³/mol. The van der Waals surface area contributed by atoms with Crippen LogP contribution in [0.15, 0.2) is 43.0 Å². The van der Waals surface area contributed by atoms with E-state index in [1.807, 2.05) is 0 Å². The smallest absolute Gasteiger partial charge is 0.349 e. The topological polar surface area (TPSA) is 59.3 Å². The normalized spacial score (nSPS) is 9.92. The minimum Gasteiger partial charge on any atom is -0.489 e. The average molecular weight is 333 g/mol. The van der Waals surface area contributed by atoms with E-state index in [1.165, 1.54) is 6.08 Å². The Kier molecular flexibility index (Phi) is 5.22. The monoisotopic (exact) mass is 333 g/mol. The number of nitrogens with zero attached hydrogens (tertiary/aromatic N) is 1. The first-order valence-electron chi connectivity index (χ1n) is 6.60. The molecule has 0 aliphatic rings. The molecule has 0 N–H and O–H groups in total. The maximum absolute atomic E-state index is 13.9. The van der Waals surface area contributed by atoms with Crippen molar-refractivity contribution < 1.29 is 27.4 Å². The zero-order chi connectivity index (χ0) is 17.7. The molecule has 0 aliphatic heterocycles. The van der Waals surface area contributed by atoms with E-state index in [2.05, 4.69) is 6.58 Å². The van der Waals surface area contributed by atoms with Gasteiger partial charge in [-0.05, 0) is 12.1 Å². The van der Waals surface area contributed by atoms with Crippen LogP contribution in [0.1, 0.15) is 15.9 Å². The summed E-state index contributed by atoms with van der Waals surface area (Å²) >= 11 is 0. The lowest BCUT2D eigenvalue weighted by Gasteiger charge is -2.09. The van der Waals surface area contributed by atoms with Crippen molar-refractivity contribution in [1.29, 1.82) is 5.26 Å². The molecule has 0 bridgehead atoms. The van der Waals surface area contributed by atoms with Crippen LogP contribution in [0.4, 0.5) is 13.2 Å². The van der Waals surface area contributed by atoms with E-state index in [0.717, 1.165) is 30.3 Å². The van der Waals surface area contributed by atoms with Crippen molar-refractivity contribution in [1.82, 2.24) is 0 Å². The van der Waals surface area contributed by atoms with E-state index in [1.54, 1.807) is 6.07 Å². The number of hydrogen-bond donors (Lipinski definition) is 0. The van der Waals surface area contributed by atoms with Crippen molar-refractivity contribution in [3.8, 4) is 17.6 Å². The zero-order valence-corrected chi connectivity index (χ0v) is 12.2. The highest BCUT2D eigenvalue weighted by Gasteiger charge is 2.21. The largest absolute Gasteiger partial charge is 0.489 e. The van der Waals surface area contributed by atoms with Crippen LogP contribution >= 0.6 is 0 Å². The second-order valence-electron chi connectivity index (χ2n) is 4.50. The summed E-state index contributed by atoms with van der Waals surface area (Å²) in [6, 6.07) is 6.22. The third-order valence-electron chi connectivity index (χ3n) is 2.86. The van der Waals surface area contributed by atoms with Crippen molar-refractivity contribution >= 4 is 5.97 Å². The van der Waals surface area contributed by atoms with Crippen molar-refractivity contribution in [3.63, 3.8) is 0 Å². The first-order valence-corrected chi connectivity index (χ1v) is 6.60. The molecule has 0 saturated carbocycles. The standard InChI is InChI=1S/C17H10F3NO3/c1-2-5-23-12-7-14(19)16(15(20)8-12)17(22)24-11-4-3-10(9-21)13(18)6-11/h2-4,6-8H,1,5H2. The number of nitriles is 1. The van der Waals surface area contributed by atoms with Gasteiger partial charge in [0, 0.05) is 18.2 Å². The Bertz CT molecular complexity index is 820. The lowest BCUT2D eigenvalue weighted by Crippen LogP contribution is -2.14. The Morgan fingerprint density at radius 3 is 2.29 bits per heavy atom. The summed E-state index contributed by atoms with van der Waals surface area (Å²) in [5.74, 6) is -5.05. The van der Waals surface area contributed by atoms with Gasteiger partial charge in [-0.3, -0.25) is 0 Å². The molecule has 0 heterocycles. The SMILES string of the molecule is C=CCOc1cc(F)c(C(=O)Oc2ccc(C#N)c(F)c2)c(F)c1. The number of carbonyl (C=O) groups is 1. The molecule has 122 valence electrons. The van der Waals surface area contributed by atoms with Crippen LogP contribution in [0.25, 0.3) is 0 Å². The van der Waals surface area contributed by atoms with Gasteiger partial charge in [0.05, 0.1) is 5.56 Å². The van der Waals surface area contributed by atoms with Gasteiger partial charge in [-0.15, -0.1) is 0 Å². The highest BCUT2D eigenvalue weighted by Crippen LogP contribution is 2.23. The highest BCUT2D eigenvalue weighted by atomic mass is 19.1. The molecule has 2 aromatic rings. The van der Waals surface area contributed by atoms with Gasteiger partial charge < -0.3 is 9.47 Å². The molecule has 0 unspecified atom stereocenters. The number of rotatable bonds is 5.